The second-order valence-electron chi connectivity index (χ2n) is 4.37. The predicted octanol–water partition coefficient (Wildman–Crippen LogP) is 3.23. The zero-order valence-electron chi connectivity index (χ0n) is 10.9. The molecule has 18 heavy (non-hydrogen) atoms. The van der Waals surface area contributed by atoms with Crippen molar-refractivity contribution in [2.75, 3.05) is 6.26 Å². The zero-order valence-corrected chi connectivity index (χ0v) is 11.7. The third-order valence-electron chi connectivity index (χ3n) is 3.42. The number of thioether (sulfide) groups is 1. The summed E-state index contributed by atoms with van der Waals surface area (Å²) in [6.45, 7) is 2.06. The number of carbonyl (C=O) groups is 1. The molecule has 0 unspecified atom stereocenters. The summed E-state index contributed by atoms with van der Waals surface area (Å²) >= 11 is 1.71. The van der Waals surface area contributed by atoms with Crippen LogP contribution in [0.2, 0.25) is 0 Å². The third kappa shape index (κ3) is 2.12. The summed E-state index contributed by atoms with van der Waals surface area (Å²) < 4.78 is 2.15. The number of aromatic nitrogens is 1. The van der Waals surface area contributed by atoms with Crippen molar-refractivity contribution in [3.8, 4) is 0 Å². The molecule has 2 aromatic rings. The number of nitrogens with zero attached hydrogens (tertiary/aromatic N) is 1. The van der Waals surface area contributed by atoms with E-state index in [1.165, 1.54) is 21.4 Å². The summed E-state index contributed by atoms with van der Waals surface area (Å²) in [4.78, 5) is 12.0. The molecule has 0 saturated carbocycles. The first-order valence-electron chi connectivity index (χ1n) is 5.89. The number of hydrogen-bond donors (Lipinski definition) is 1. The topological polar surface area (TPSA) is 42.2 Å². The van der Waals surface area contributed by atoms with Gasteiger partial charge >= 0.3 is 5.97 Å². The maximum Gasteiger partial charge on any atom is 0.303 e. The van der Waals surface area contributed by atoms with E-state index in [2.05, 4.69) is 35.9 Å². The highest BCUT2D eigenvalue weighted by atomic mass is 32.2. The van der Waals surface area contributed by atoms with E-state index in [9.17, 15) is 4.79 Å². The van der Waals surface area contributed by atoms with Crippen LogP contribution in [-0.2, 0) is 18.3 Å². The van der Waals surface area contributed by atoms with Crippen molar-refractivity contribution in [3.63, 3.8) is 0 Å². The lowest BCUT2D eigenvalue weighted by atomic mass is 10.1. The van der Waals surface area contributed by atoms with Crippen LogP contribution in [0.3, 0.4) is 0 Å². The number of aryl methyl sites for hydroxylation is 2. The van der Waals surface area contributed by atoms with Crippen molar-refractivity contribution in [1.29, 1.82) is 0 Å². The van der Waals surface area contributed by atoms with Crippen molar-refractivity contribution in [2.24, 2.45) is 7.05 Å². The Morgan fingerprint density at radius 3 is 2.78 bits per heavy atom. The van der Waals surface area contributed by atoms with Crippen LogP contribution in [-0.4, -0.2) is 21.9 Å². The Hall–Kier alpha value is -1.42. The first-order valence-corrected chi connectivity index (χ1v) is 7.11. The van der Waals surface area contributed by atoms with Crippen LogP contribution in [0.4, 0.5) is 0 Å². The molecule has 0 spiro atoms. The lowest BCUT2D eigenvalue weighted by Gasteiger charge is -2.03. The molecule has 0 aliphatic carbocycles. The molecule has 0 aliphatic rings. The molecule has 0 radical (unpaired) electrons. The van der Waals surface area contributed by atoms with E-state index in [4.69, 9.17) is 5.11 Å². The summed E-state index contributed by atoms with van der Waals surface area (Å²) in [5.41, 5.74) is 3.51. The minimum atomic E-state index is -0.743. The monoisotopic (exact) mass is 263 g/mol. The molecule has 1 aromatic carbocycles. The molecule has 96 valence electrons. The van der Waals surface area contributed by atoms with Gasteiger partial charge in [-0.05, 0) is 37.3 Å². The fourth-order valence-corrected chi connectivity index (χ4v) is 3.02. The lowest BCUT2D eigenvalue weighted by molar-refractivity contribution is -0.136. The van der Waals surface area contributed by atoms with Gasteiger partial charge in [-0.15, -0.1) is 11.8 Å². The smallest absolute Gasteiger partial charge is 0.303 e. The molecular formula is C14H17NO2S. The molecule has 1 aromatic heterocycles. The van der Waals surface area contributed by atoms with Gasteiger partial charge in [0.25, 0.3) is 0 Å². The molecular weight excluding hydrogens is 246 g/mol. The van der Waals surface area contributed by atoms with E-state index in [-0.39, 0.29) is 6.42 Å². The van der Waals surface area contributed by atoms with E-state index in [0.29, 0.717) is 6.42 Å². The average molecular weight is 263 g/mol. The number of fused-ring (bicyclic) bond motifs is 1. The van der Waals surface area contributed by atoms with Crippen LogP contribution < -0.4 is 0 Å². The fourth-order valence-electron chi connectivity index (χ4n) is 2.37. The van der Waals surface area contributed by atoms with Crippen molar-refractivity contribution in [3.05, 3.63) is 29.5 Å². The quantitative estimate of drug-likeness (QED) is 0.861. The van der Waals surface area contributed by atoms with Crippen LogP contribution in [0.1, 0.15) is 17.7 Å². The minimum Gasteiger partial charge on any atom is -0.481 e. The molecule has 2 rings (SSSR count). The molecule has 0 bridgehead atoms. The molecule has 0 atom stereocenters. The second-order valence-corrected chi connectivity index (χ2v) is 5.22. The average Bonchev–Trinajstić information content (AvgIpc) is 2.60. The van der Waals surface area contributed by atoms with E-state index in [1.54, 1.807) is 11.8 Å². The molecule has 4 heteroatoms. The summed E-state index contributed by atoms with van der Waals surface area (Å²) in [6, 6.07) is 6.23. The van der Waals surface area contributed by atoms with Gasteiger partial charge in [0, 0.05) is 35.0 Å². The maximum absolute atomic E-state index is 10.8. The van der Waals surface area contributed by atoms with Gasteiger partial charge in [0.15, 0.2) is 0 Å². The first-order chi connectivity index (χ1) is 8.56. The molecule has 0 saturated heterocycles. The predicted molar refractivity (Wildman–Crippen MR) is 75.4 cm³/mol. The Balaban J connectivity index is 2.62. The van der Waals surface area contributed by atoms with Gasteiger partial charge in [-0.2, -0.15) is 0 Å². The number of carboxylic acid groups (broad SMARTS) is 1. The number of benzene rings is 1. The first kappa shape index (κ1) is 13.0. The van der Waals surface area contributed by atoms with Gasteiger partial charge in [-0.25, -0.2) is 0 Å². The standard InChI is InChI=1S/C14H17NO2S/c1-9-10(7-8-13(16)17)14-11(15(9)2)5-4-6-12(14)18-3/h4-6H,7-8H2,1-3H3,(H,16,17). The maximum atomic E-state index is 10.8. The van der Waals surface area contributed by atoms with E-state index in [0.717, 1.165) is 5.69 Å². The fraction of sp³-hybridized carbons (Fsp3) is 0.357. The van der Waals surface area contributed by atoms with Crippen molar-refractivity contribution >= 4 is 28.6 Å². The third-order valence-corrected chi connectivity index (χ3v) is 4.20. The molecule has 0 fully saturated rings. The number of aliphatic carboxylic acids is 1. The van der Waals surface area contributed by atoms with Gasteiger partial charge in [0.05, 0.1) is 0 Å². The summed E-state index contributed by atoms with van der Waals surface area (Å²) in [5, 5.41) is 10.1. The Labute approximate surface area is 111 Å². The Morgan fingerprint density at radius 1 is 1.44 bits per heavy atom. The van der Waals surface area contributed by atoms with Crippen molar-refractivity contribution in [2.45, 2.75) is 24.7 Å². The Bertz CT molecular complexity index is 601. The van der Waals surface area contributed by atoms with Crippen LogP contribution in [0.25, 0.3) is 10.9 Å². The van der Waals surface area contributed by atoms with Crippen LogP contribution in [0.15, 0.2) is 23.1 Å². The van der Waals surface area contributed by atoms with Crippen LogP contribution >= 0.6 is 11.8 Å². The second kappa shape index (κ2) is 5.06. The molecule has 0 amide bonds. The van der Waals surface area contributed by atoms with Crippen LogP contribution in [0.5, 0.6) is 0 Å². The van der Waals surface area contributed by atoms with Gasteiger partial charge in [-0.3, -0.25) is 4.79 Å². The Kier molecular flexibility index (Phi) is 3.66. The molecule has 1 heterocycles. The van der Waals surface area contributed by atoms with Crippen molar-refractivity contribution in [1.82, 2.24) is 4.57 Å². The Morgan fingerprint density at radius 2 is 2.17 bits per heavy atom. The number of carboxylic acids is 1. The highest BCUT2D eigenvalue weighted by Gasteiger charge is 2.15. The normalized spacial score (nSPS) is 11.1. The number of rotatable bonds is 4. The molecule has 0 aliphatic heterocycles. The summed E-state index contributed by atoms with van der Waals surface area (Å²) in [6.07, 6.45) is 2.83. The van der Waals surface area contributed by atoms with Gasteiger partial charge in [0.2, 0.25) is 0 Å². The van der Waals surface area contributed by atoms with Gasteiger partial charge in [-0.1, -0.05) is 6.07 Å². The van der Waals surface area contributed by atoms with Gasteiger partial charge in [0.1, 0.15) is 0 Å². The van der Waals surface area contributed by atoms with Crippen molar-refractivity contribution < 1.29 is 9.90 Å². The minimum absolute atomic E-state index is 0.183. The largest absolute Gasteiger partial charge is 0.481 e. The highest BCUT2D eigenvalue weighted by Crippen LogP contribution is 2.33. The highest BCUT2D eigenvalue weighted by molar-refractivity contribution is 7.98. The molecule has 1 N–H and O–H groups in total. The number of hydrogen-bond acceptors (Lipinski definition) is 2. The van der Waals surface area contributed by atoms with E-state index >= 15 is 0 Å². The van der Waals surface area contributed by atoms with Crippen LogP contribution in [0, 0.1) is 6.92 Å². The molecule has 3 nitrogen and oxygen atoms in total. The van der Waals surface area contributed by atoms with E-state index < -0.39 is 5.97 Å². The zero-order chi connectivity index (χ0) is 13.3. The van der Waals surface area contributed by atoms with E-state index in [1.807, 2.05) is 7.05 Å². The van der Waals surface area contributed by atoms with Gasteiger partial charge < -0.3 is 9.67 Å². The summed E-state index contributed by atoms with van der Waals surface area (Å²) in [5.74, 6) is -0.743. The summed E-state index contributed by atoms with van der Waals surface area (Å²) in [7, 11) is 2.03. The SMILES string of the molecule is CSc1cccc2c1c(CCC(=O)O)c(C)n2C. The lowest BCUT2D eigenvalue weighted by Crippen LogP contribution is -1.99.